The van der Waals surface area contributed by atoms with Crippen LogP contribution >= 0.6 is 0 Å². The Balaban J connectivity index is 1.57. The summed E-state index contributed by atoms with van der Waals surface area (Å²) in [6.45, 7) is 1.17. The van der Waals surface area contributed by atoms with E-state index in [0.717, 1.165) is 18.4 Å². The highest BCUT2D eigenvalue weighted by Crippen LogP contribution is 2.17. The molecule has 2 aromatic rings. The van der Waals surface area contributed by atoms with E-state index in [-0.39, 0.29) is 24.1 Å². The Morgan fingerprint density at radius 3 is 2.68 bits per heavy atom. The van der Waals surface area contributed by atoms with Crippen LogP contribution in [-0.2, 0) is 11.2 Å². The molecule has 1 amide bonds. The summed E-state index contributed by atoms with van der Waals surface area (Å²) in [5.74, 6) is -0.0175. The standard InChI is InChI=1S/C17H18N4O4/c22-16(11-13-4-6-14(7-5-13)21(23)24)20-10-1-3-15(12-20)25-17-18-8-2-9-19-17/h2,4-9,15H,1,3,10-12H2. The van der Waals surface area contributed by atoms with Crippen molar-refractivity contribution >= 4 is 11.6 Å². The van der Waals surface area contributed by atoms with E-state index in [1.807, 2.05) is 0 Å². The number of benzene rings is 1. The number of amides is 1. The van der Waals surface area contributed by atoms with Crippen LogP contribution in [0.3, 0.4) is 0 Å². The van der Waals surface area contributed by atoms with Crippen LogP contribution in [0.15, 0.2) is 42.7 Å². The maximum Gasteiger partial charge on any atom is 0.316 e. The predicted octanol–water partition coefficient (Wildman–Crippen LogP) is 2.00. The van der Waals surface area contributed by atoms with Gasteiger partial charge < -0.3 is 9.64 Å². The zero-order valence-corrected chi connectivity index (χ0v) is 13.6. The van der Waals surface area contributed by atoms with Crippen LogP contribution in [0.25, 0.3) is 0 Å². The van der Waals surface area contributed by atoms with Crippen LogP contribution in [-0.4, -0.2) is 44.9 Å². The molecule has 2 heterocycles. The molecule has 1 atom stereocenters. The number of hydrogen-bond acceptors (Lipinski definition) is 6. The van der Waals surface area contributed by atoms with Crippen LogP contribution in [0.5, 0.6) is 6.01 Å². The van der Waals surface area contributed by atoms with Crippen molar-refractivity contribution < 1.29 is 14.5 Å². The number of nitro benzene ring substituents is 1. The number of carbonyl (C=O) groups excluding carboxylic acids is 1. The van der Waals surface area contributed by atoms with Gasteiger partial charge in [-0.1, -0.05) is 12.1 Å². The number of aromatic nitrogens is 2. The van der Waals surface area contributed by atoms with Gasteiger partial charge in [-0.05, 0) is 24.5 Å². The average molecular weight is 342 g/mol. The lowest BCUT2D eigenvalue weighted by atomic mass is 10.1. The number of nitro groups is 1. The number of nitrogens with zero attached hydrogens (tertiary/aromatic N) is 4. The molecule has 8 heteroatoms. The van der Waals surface area contributed by atoms with Crippen molar-refractivity contribution in [2.24, 2.45) is 0 Å². The number of hydrogen-bond donors (Lipinski definition) is 0. The van der Waals surface area contributed by atoms with Gasteiger partial charge in [0.2, 0.25) is 5.91 Å². The molecule has 8 nitrogen and oxygen atoms in total. The first-order valence-electron chi connectivity index (χ1n) is 8.06. The second-order valence-corrected chi connectivity index (χ2v) is 5.85. The molecule has 1 aromatic heterocycles. The van der Waals surface area contributed by atoms with Gasteiger partial charge in [-0.25, -0.2) is 9.97 Å². The molecule has 0 N–H and O–H groups in total. The smallest absolute Gasteiger partial charge is 0.316 e. The lowest BCUT2D eigenvalue weighted by Gasteiger charge is -2.32. The molecule has 1 fully saturated rings. The van der Waals surface area contributed by atoms with Gasteiger partial charge in [0.15, 0.2) is 0 Å². The van der Waals surface area contributed by atoms with Gasteiger partial charge in [0.05, 0.1) is 17.9 Å². The van der Waals surface area contributed by atoms with Gasteiger partial charge in [0, 0.05) is 31.1 Å². The Labute approximate surface area is 144 Å². The highest BCUT2D eigenvalue weighted by Gasteiger charge is 2.25. The van der Waals surface area contributed by atoms with E-state index >= 15 is 0 Å². The Kier molecular flexibility index (Phi) is 5.17. The Morgan fingerprint density at radius 2 is 2.00 bits per heavy atom. The predicted molar refractivity (Wildman–Crippen MR) is 89.1 cm³/mol. The summed E-state index contributed by atoms with van der Waals surface area (Å²) in [6, 6.07) is 8.09. The third-order valence-electron chi connectivity index (χ3n) is 4.05. The van der Waals surface area contributed by atoms with E-state index in [1.54, 1.807) is 35.5 Å². The molecular formula is C17H18N4O4. The summed E-state index contributed by atoms with van der Waals surface area (Å²) in [5, 5.41) is 10.7. The third-order valence-corrected chi connectivity index (χ3v) is 4.05. The van der Waals surface area contributed by atoms with Gasteiger partial charge in [0.25, 0.3) is 5.69 Å². The summed E-state index contributed by atoms with van der Waals surface area (Å²) >= 11 is 0. The van der Waals surface area contributed by atoms with Crippen molar-refractivity contribution in [3.8, 4) is 6.01 Å². The molecule has 0 spiro atoms. The number of ether oxygens (including phenoxy) is 1. The minimum absolute atomic E-state index is 0.0175. The first kappa shape index (κ1) is 16.8. The zero-order valence-electron chi connectivity index (χ0n) is 13.6. The van der Waals surface area contributed by atoms with Crippen molar-refractivity contribution in [3.63, 3.8) is 0 Å². The Hall–Kier alpha value is -3.03. The van der Waals surface area contributed by atoms with Crippen LogP contribution in [0.4, 0.5) is 5.69 Å². The summed E-state index contributed by atoms with van der Waals surface area (Å²) in [4.78, 5) is 32.6. The molecule has 3 rings (SSSR count). The summed E-state index contributed by atoms with van der Waals surface area (Å²) in [5.41, 5.74) is 0.774. The second-order valence-electron chi connectivity index (χ2n) is 5.85. The van der Waals surface area contributed by atoms with E-state index < -0.39 is 4.92 Å². The van der Waals surface area contributed by atoms with E-state index in [9.17, 15) is 14.9 Å². The van der Waals surface area contributed by atoms with Crippen molar-refractivity contribution in [1.29, 1.82) is 0 Å². The monoisotopic (exact) mass is 342 g/mol. The minimum Gasteiger partial charge on any atom is -0.458 e. The number of likely N-dealkylation sites (tertiary alicyclic amines) is 1. The number of carbonyl (C=O) groups is 1. The zero-order chi connectivity index (χ0) is 17.6. The summed E-state index contributed by atoms with van der Waals surface area (Å²) in [6.07, 6.45) is 5.01. The molecular weight excluding hydrogens is 324 g/mol. The highest BCUT2D eigenvalue weighted by molar-refractivity contribution is 5.79. The SMILES string of the molecule is O=C(Cc1ccc([N+](=O)[O-])cc1)N1CCCC(Oc2ncccn2)C1. The van der Waals surface area contributed by atoms with Gasteiger partial charge >= 0.3 is 6.01 Å². The Bertz CT molecular complexity index is 736. The molecule has 1 unspecified atom stereocenters. The largest absolute Gasteiger partial charge is 0.458 e. The topological polar surface area (TPSA) is 98.5 Å². The number of piperidine rings is 1. The minimum atomic E-state index is -0.455. The molecule has 1 saturated heterocycles. The van der Waals surface area contributed by atoms with E-state index in [2.05, 4.69) is 9.97 Å². The summed E-state index contributed by atoms with van der Waals surface area (Å²) < 4.78 is 5.74. The molecule has 130 valence electrons. The fraction of sp³-hybridized carbons (Fsp3) is 0.353. The van der Waals surface area contributed by atoms with E-state index in [1.165, 1.54) is 12.1 Å². The fourth-order valence-electron chi connectivity index (χ4n) is 2.78. The maximum absolute atomic E-state index is 12.5. The molecule has 0 radical (unpaired) electrons. The number of rotatable bonds is 5. The second kappa shape index (κ2) is 7.69. The summed E-state index contributed by atoms with van der Waals surface area (Å²) in [7, 11) is 0. The van der Waals surface area contributed by atoms with Gasteiger partial charge in [-0.3, -0.25) is 14.9 Å². The van der Waals surface area contributed by atoms with Crippen LogP contribution in [0.1, 0.15) is 18.4 Å². The molecule has 25 heavy (non-hydrogen) atoms. The van der Waals surface area contributed by atoms with E-state index in [4.69, 9.17) is 4.74 Å². The molecule has 0 bridgehead atoms. The van der Waals surface area contributed by atoms with E-state index in [0.29, 0.717) is 19.1 Å². The number of non-ortho nitro benzene ring substituents is 1. The quantitative estimate of drug-likeness (QED) is 0.609. The van der Waals surface area contributed by atoms with Crippen molar-refractivity contribution in [2.75, 3.05) is 13.1 Å². The van der Waals surface area contributed by atoms with Gasteiger partial charge in [0.1, 0.15) is 6.10 Å². The third kappa shape index (κ3) is 4.50. The maximum atomic E-state index is 12.5. The van der Waals surface area contributed by atoms with Crippen LogP contribution in [0, 0.1) is 10.1 Å². The lowest BCUT2D eigenvalue weighted by molar-refractivity contribution is -0.384. The molecule has 1 aliphatic rings. The molecule has 0 aliphatic carbocycles. The van der Waals surface area contributed by atoms with Crippen molar-refractivity contribution in [2.45, 2.75) is 25.4 Å². The normalized spacial score (nSPS) is 17.1. The Morgan fingerprint density at radius 1 is 1.28 bits per heavy atom. The van der Waals surface area contributed by atoms with Gasteiger partial charge in [-0.2, -0.15) is 0 Å². The molecule has 0 saturated carbocycles. The molecule has 1 aromatic carbocycles. The van der Waals surface area contributed by atoms with Crippen LogP contribution < -0.4 is 4.74 Å². The average Bonchev–Trinajstić information content (AvgIpc) is 2.63. The highest BCUT2D eigenvalue weighted by atomic mass is 16.6. The first-order valence-corrected chi connectivity index (χ1v) is 8.06. The van der Waals surface area contributed by atoms with Crippen LogP contribution in [0.2, 0.25) is 0 Å². The van der Waals surface area contributed by atoms with Crippen molar-refractivity contribution in [3.05, 3.63) is 58.4 Å². The first-order chi connectivity index (χ1) is 12.1. The van der Waals surface area contributed by atoms with Crippen molar-refractivity contribution in [1.82, 2.24) is 14.9 Å². The molecule has 1 aliphatic heterocycles. The fourth-order valence-corrected chi connectivity index (χ4v) is 2.78. The lowest BCUT2D eigenvalue weighted by Crippen LogP contribution is -2.45. The van der Waals surface area contributed by atoms with Gasteiger partial charge in [-0.15, -0.1) is 0 Å².